The highest BCUT2D eigenvalue weighted by molar-refractivity contribution is 4.92. The molecule has 0 aliphatic carbocycles. The van der Waals surface area contributed by atoms with E-state index in [2.05, 4.69) is 55.4 Å². The largest absolute Gasteiger partial charge is 0.326 e. The summed E-state index contributed by atoms with van der Waals surface area (Å²) >= 11 is 0. The van der Waals surface area contributed by atoms with Crippen LogP contribution in [-0.4, -0.2) is 5.54 Å². The van der Waals surface area contributed by atoms with Crippen LogP contribution in [0.25, 0.3) is 0 Å². The Bertz CT molecular complexity index is 220. The predicted molar refractivity (Wildman–Crippen MR) is 79.1 cm³/mol. The molecule has 1 atom stereocenters. The molecule has 0 fully saturated rings. The maximum absolute atomic E-state index is 6.21. The van der Waals surface area contributed by atoms with Gasteiger partial charge in [-0.05, 0) is 43.4 Å². The van der Waals surface area contributed by atoms with Crippen molar-refractivity contribution in [1.82, 2.24) is 0 Å². The van der Waals surface area contributed by atoms with Crippen LogP contribution in [0.2, 0.25) is 0 Å². The van der Waals surface area contributed by atoms with Crippen LogP contribution in [-0.2, 0) is 0 Å². The lowest BCUT2D eigenvalue weighted by atomic mass is 9.60. The molecule has 0 heterocycles. The number of hydrogen-bond donors (Lipinski definition) is 1. The molecule has 0 aromatic heterocycles. The first-order chi connectivity index (χ1) is 7.41. The lowest BCUT2D eigenvalue weighted by Gasteiger charge is -2.46. The van der Waals surface area contributed by atoms with Crippen molar-refractivity contribution in [3.8, 4) is 0 Å². The average molecular weight is 241 g/mol. The number of nitrogens with two attached hydrogens (primary N) is 1. The quantitative estimate of drug-likeness (QED) is 0.667. The molecule has 0 rings (SSSR count). The molecule has 0 spiro atoms. The molecule has 0 aromatic rings. The maximum Gasteiger partial charge on any atom is 0.0102 e. The van der Waals surface area contributed by atoms with Gasteiger partial charge in [-0.2, -0.15) is 0 Å². The van der Waals surface area contributed by atoms with Crippen molar-refractivity contribution < 1.29 is 0 Å². The van der Waals surface area contributed by atoms with Gasteiger partial charge in [0.05, 0.1) is 0 Å². The summed E-state index contributed by atoms with van der Waals surface area (Å²) in [7, 11) is 0. The van der Waals surface area contributed by atoms with Crippen molar-refractivity contribution >= 4 is 0 Å². The zero-order valence-electron chi connectivity index (χ0n) is 13.5. The van der Waals surface area contributed by atoms with E-state index < -0.39 is 0 Å². The van der Waals surface area contributed by atoms with Crippen molar-refractivity contribution in [1.29, 1.82) is 0 Å². The van der Waals surface area contributed by atoms with Crippen LogP contribution >= 0.6 is 0 Å². The van der Waals surface area contributed by atoms with Crippen LogP contribution in [0, 0.1) is 16.7 Å². The van der Waals surface area contributed by atoms with Gasteiger partial charge in [-0.1, -0.05) is 54.4 Å². The average Bonchev–Trinajstić information content (AvgIpc) is 1.97. The second-order valence-corrected chi connectivity index (χ2v) is 8.03. The highest BCUT2D eigenvalue weighted by Gasteiger charge is 2.40. The third kappa shape index (κ3) is 5.90. The van der Waals surface area contributed by atoms with E-state index in [-0.39, 0.29) is 11.0 Å². The molecule has 1 heteroatoms. The number of rotatable bonds is 7. The lowest BCUT2D eigenvalue weighted by Crippen LogP contribution is -2.44. The van der Waals surface area contributed by atoms with E-state index in [4.69, 9.17) is 5.73 Å². The molecule has 0 radical (unpaired) electrons. The smallest absolute Gasteiger partial charge is 0.0102 e. The van der Waals surface area contributed by atoms with Gasteiger partial charge in [0, 0.05) is 5.54 Å². The van der Waals surface area contributed by atoms with Gasteiger partial charge >= 0.3 is 0 Å². The summed E-state index contributed by atoms with van der Waals surface area (Å²) in [4.78, 5) is 0. The molecule has 2 N–H and O–H groups in total. The highest BCUT2D eigenvalue weighted by Crippen LogP contribution is 2.47. The SMILES string of the molecule is CCCC(C)CC(C)(C)C(C)(C)CC(C)(C)N. The van der Waals surface area contributed by atoms with Crippen LogP contribution in [0.5, 0.6) is 0 Å². The van der Waals surface area contributed by atoms with Crippen molar-refractivity contribution in [2.24, 2.45) is 22.5 Å². The highest BCUT2D eigenvalue weighted by atomic mass is 14.7. The fraction of sp³-hybridized carbons (Fsp3) is 1.00. The summed E-state index contributed by atoms with van der Waals surface area (Å²) < 4.78 is 0. The van der Waals surface area contributed by atoms with Gasteiger partial charge in [0.25, 0.3) is 0 Å². The summed E-state index contributed by atoms with van der Waals surface area (Å²) in [6.07, 6.45) is 5.00. The Morgan fingerprint density at radius 3 is 1.76 bits per heavy atom. The third-order valence-electron chi connectivity index (χ3n) is 4.37. The molecular formula is C16H35N. The Kier molecular flexibility index (Phi) is 5.72. The normalized spacial score (nSPS) is 16.1. The minimum Gasteiger partial charge on any atom is -0.326 e. The van der Waals surface area contributed by atoms with Crippen molar-refractivity contribution in [2.45, 2.75) is 86.6 Å². The molecule has 1 nitrogen and oxygen atoms in total. The van der Waals surface area contributed by atoms with E-state index >= 15 is 0 Å². The Hall–Kier alpha value is -0.0400. The zero-order chi connectivity index (χ0) is 13.9. The fourth-order valence-electron chi connectivity index (χ4n) is 3.12. The molecule has 0 saturated carbocycles. The van der Waals surface area contributed by atoms with E-state index in [0.29, 0.717) is 5.41 Å². The summed E-state index contributed by atoms with van der Waals surface area (Å²) in [5.41, 5.74) is 6.76. The first-order valence-corrected chi connectivity index (χ1v) is 7.20. The molecule has 0 amide bonds. The van der Waals surface area contributed by atoms with Crippen LogP contribution < -0.4 is 5.73 Å². The minimum atomic E-state index is -0.0746. The molecule has 104 valence electrons. The summed E-state index contributed by atoms with van der Waals surface area (Å²) in [6, 6.07) is 0. The molecule has 17 heavy (non-hydrogen) atoms. The molecule has 0 aromatic carbocycles. The Morgan fingerprint density at radius 1 is 0.941 bits per heavy atom. The topological polar surface area (TPSA) is 26.0 Å². The standard InChI is InChI=1S/C16H35N/c1-9-10-13(2)11-14(3,4)15(5,6)12-16(7,8)17/h13H,9-12,17H2,1-8H3. The lowest BCUT2D eigenvalue weighted by molar-refractivity contribution is 0.0508. The third-order valence-corrected chi connectivity index (χ3v) is 4.37. The molecule has 0 aliphatic rings. The van der Waals surface area contributed by atoms with Gasteiger partial charge in [0.1, 0.15) is 0 Å². The molecular weight excluding hydrogens is 206 g/mol. The van der Waals surface area contributed by atoms with Gasteiger partial charge in [0.15, 0.2) is 0 Å². The van der Waals surface area contributed by atoms with Gasteiger partial charge in [0.2, 0.25) is 0 Å². The predicted octanol–water partition coefficient (Wildman–Crippen LogP) is 4.99. The van der Waals surface area contributed by atoms with Gasteiger partial charge < -0.3 is 5.73 Å². The second-order valence-electron chi connectivity index (χ2n) is 8.03. The zero-order valence-corrected chi connectivity index (χ0v) is 13.5. The van der Waals surface area contributed by atoms with Crippen LogP contribution in [0.1, 0.15) is 81.1 Å². The van der Waals surface area contributed by atoms with E-state index in [0.717, 1.165) is 12.3 Å². The summed E-state index contributed by atoms with van der Waals surface area (Å²) in [5.74, 6) is 0.815. The van der Waals surface area contributed by atoms with Crippen LogP contribution in [0.15, 0.2) is 0 Å². The summed E-state index contributed by atoms with van der Waals surface area (Å²) in [6.45, 7) is 18.5. The Labute approximate surface area is 110 Å². The summed E-state index contributed by atoms with van der Waals surface area (Å²) in [5, 5.41) is 0. The molecule has 1 unspecified atom stereocenters. The van der Waals surface area contributed by atoms with E-state index in [1.807, 2.05) is 0 Å². The van der Waals surface area contributed by atoms with Crippen molar-refractivity contribution in [3.05, 3.63) is 0 Å². The van der Waals surface area contributed by atoms with Crippen molar-refractivity contribution in [3.63, 3.8) is 0 Å². The van der Waals surface area contributed by atoms with Gasteiger partial charge in [-0.3, -0.25) is 0 Å². The van der Waals surface area contributed by atoms with E-state index in [1.54, 1.807) is 0 Å². The van der Waals surface area contributed by atoms with Crippen LogP contribution in [0.4, 0.5) is 0 Å². The van der Waals surface area contributed by atoms with Gasteiger partial charge in [-0.15, -0.1) is 0 Å². The van der Waals surface area contributed by atoms with Gasteiger partial charge in [-0.25, -0.2) is 0 Å². The Morgan fingerprint density at radius 2 is 1.41 bits per heavy atom. The second kappa shape index (κ2) is 5.73. The minimum absolute atomic E-state index is 0.0746. The van der Waals surface area contributed by atoms with Crippen molar-refractivity contribution in [2.75, 3.05) is 0 Å². The molecule has 0 saturated heterocycles. The van der Waals surface area contributed by atoms with E-state index in [9.17, 15) is 0 Å². The first-order valence-electron chi connectivity index (χ1n) is 7.20. The molecule has 0 aliphatic heterocycles. The first kappa shape index (κ1) is 17.0. The molecule has 0 bridgehead atoms. The number of hydrogen-bond acceptors (Lipinski definition) is 1. The maximum atomic E-state index is 6.21. The Balaban J connectivity index is 4.66. The fourth-order valence-corrected chi connectivity index (χ4v) is 3.12. The monoisotopic (exact) mass is 241 g/mol. The van der Waals surface area contributed by atoms with Crippen LogP contribution in [0.3, 0.4) is 0 Å². The van der Waals surface area contributed by atoms with E-state index in [1.165, 1.54) is 19.3 Å².